The van der Waals surface area contributed by atoms with Gasteiger partial charge in [-0.3, -0.25) is 0 Å². The molecule has 3 nitrogen and oxygen atoms in total. The summed E-state index contributed by atoms with van der Waals surface area (Å²) in [5, 5.41) is 10.4. The molecule has 0 atom stereocenters. The van der Waals surface area contributed by atoms with E-state index in [9.17, 15) is 0 Å². The number of pyridine rings is 1. The molecule has 0 aliphatic heterocycles. The fourth-order valence-electron chi connectivity index (χ4n) is 0.784. The van der Waals surface area contributed by atoms with Gasteiger partial charge in [0.05, 0.1) is 6.54 Å². The van der Waals surface area contributed by atoms with Crippen LogP contribution in [0.15, 0.2) is 18.3 Å². The van der Waals surface area contributed by atoms with Crippen molar-refractivity contribution in [3.8, 4) is 0 Å². The van der Waals surface area contributed by atoms with E-state index in [1.54, 1.807) is 19.3 Å². The van der Waals surface area contributed by atoms with Gasteiger partial charge >= 0.3 is 0 Å². The minimum absolute atomic E-state index is 0.396. The summed E-state index contributed by atoms with van der Waals surface area (Å²) in [6.07, 6.45) is 1.61. The van der Waals surface area contributed by atoms with Gasteiger partial charge in [-0.1, -0.05) is 17.7 Å². The van der Waals surface area contributed by atoms with E-state index in [1.165, 1.54) is 0 Å². The highest BCUT2D eigenvalue weighted by atomic mass is 35.5. The number of aromatic nitrogens is 1. The number of halogens is 1. The summed E-state index contributed by atoms with van der Waals surface area (Å²) in [4.78, 5) is 3.86. The fourth-order valence-corrected chi connectivity index (χ4v) is 0.963. The zero-order chi connectivity index (χ0) is 8.27. The van der Waals surface area contributed by atoms with Gasteiger partial charge in [0.15, 0.2) is 0 Å². The van der Waals surface area contributed by atoms with Gasteiger partial charge in [0.2, 0.25) is 0 Å². The second kappa shape index (κ2) is 3.67. The number of hydrogen-bond donors (Lipinski definition) is 1. The van der Waals surface area contributed by atoms with E-state index >= 15 is 0 Å². The van der Waals surface area contributed by atoms with E-state index < -0.39 is 0 Å². The largest absolute Gasteiger partial charge is 0.314 e. The minimum atomic E-state index is 0.396. The lowest BCUT2D eigenvalue weighted by molar-refractivity contribution is -0.0732. The van der Waals surface area contributed by atoms with Crippen molar-refractivity contribution >= 4 is 11.6 Å². The third-order valence-corrected chi connectivity index (χ3v) is 1.58. The van der Waals surface area contributed by atoms with Crippen LogP contribution in [-0.4, -0.2) is 22.3 Å². The molecule has 60 valence electrons. The Labute approximate surface area is 70.2 Å². The second-order valence-electron chi connectivity index (χ2n) is 2.27. The zero-order valence-electron chi connectivity index (χ0n) is 6.16. The molecule has 0 bridgehead atoms. The van der Waals surface area contributed by atoms with E-state index in [-0.39, 0.29) is 0 Å². The first-order valence-electron chi connectivity index (χ1n) is 3.19. The Morgan fingerprint density at radius 1 is 1.73 bits per heavy atom. The van der Waals surface area contributed by atoms with E-state index in [1.807, 2.05) is 6.07 Å². The Kier molecular flexibility index (Phi) is 2.82. The van der Waals surface area contributed by atoms with Gasteiger partial charge in [-0.15, -0.1) is 0 Å². The van der Waals surface area contributed by atoms with Crippen molar-refractivity contribution in [2.45, 2.75) is 6.54 Å². The normalized spacial score (nSPS) is 10.5. The summed E-state index contributed by atoms with van der Waals surface area (Å²) in [6.45, 7) is 0.396. The van der Waals surface area contributed by atoms with Crippen molar-refractivity contribution in [2.24, 2.45) is 0 Å². The standard InChI is InChI=1S/C7H9ClN2O/c1-10(11)5-6-3-2-4-9-7(6)8/h2-4,11H,5H2,1H3. The molecule has 0 fully saturated rings. The summed E-state index contributed by atoms with van der Waals surface area (Å²) in [7, 11) is 1.56. The molecule has 0 aromatic carbocycles. The van der Waals surface area contributed by atoms with Crippen molar-refractivity contribution < 1.29 is 5.21 Å². The number of rotatable bonds is 2. The molecule has 0 saturated carbocycles. The average Bonchev–Trinajstić information content (AvgIpc) is 1.93. The molecule has 0 spiro atoms. The summed E-state index contributed by atoms with van der Waals surface area (Å²) in [6, 6.07) is 3.60. The van der Waals surface area contributed by atoms with Crippen molar-refractivity contribution in [1.82, 2.24) is 10.0 Å². The summed E-state index contributed by atoms with van der Waals surface area (Å²) in [5.74, 6) is 0. The first-order chi connectivity index (χ1) is 5.20. The topological polar surface area (TPSA) is 36.4 Å². The van der Waals surface area contributed by atoms with Gasteiger partial charge in [-0.25, -0.2) is 4.98 Å². The molecule has 1 aromatic heterocycles. The van der Waals surface area contributed by atoms with E-state index in [2.05, 4.69) is 4.98 Å². The molecule has 4 heteroatoms. The molecule has 1 rings (SSSR count). The smallest absolute Gasteiger partial charge is 0.133 e. The SMILES string of the molecule is CN(O)Cc1cccnc1Cl. The Morgan fingerprint density at radius 2 is 2.45 bits per heavy atom. The molecule has 0 aliphatic carbocycles. The molecule has 1 N–H and O–H groups in total. The van der Waals surface area contributed by atoms with Gasteiger partial charge in [0.1, 0.15) is 5.15 Å². The second-order valence-corrected chi connectivity index (χ2v) is 2.63. The van der Waals surface area contributed by atoms with Crippen molar-refractivity contribution in [3.63, 3.8) is 0 Å². The zero-order valence-corrected chi connectivity index (χ0v) is 6.91. The van der Waals surface area contributed by atoms with Crippen LogP contribution in [0.1, 0.15) is 5.56 Å². The van der Waals surface area contributed by atoms with E-state index in [4.69, 9.17) is 16.8 Å². The number of hydroxylamine groups is 2. The third kappa shape index (κ3) is 2.46. The maximum Gasteiger partial charge on any atom is 0.133 e. The maximum atomic E-state index is 8.88. The van der Waals surface area contributed by atoms with Crippen molar-refractivity contribution in [3.05, 3.63) is 29.0 Å². The van der Waals surface area contributed by atoms with Crippen LogP contribution in [0.3, 0.4) is 0 Å². The minimum Gasteiger partial charge on any atom is -0.314 e. The fraction of sp³-hybridized carbons (Fsp3) is 0.286. The highest BCUT2D eigenvalue weighted by Gasteiger charge is 2.00. The van der Waals surface area contributed by atoms with Crippen LogP contribution < -0.4 is 0 Å². The summed E-state index contributed by atoms with van der Waals surface area (Å²) in [5.41, 5.74) is 0.819. The Morgan fingerprint density at radius 3 is 3.00 bits per heavy atom. The highest BCUT2D eigenvalue weighted by molar-refractivity contribution is 6.30. The molecule has 0 unspecified atom stereocenters. The average molecular weight is 173 g/mol. The van der Waals surface area contributed by atoms with Gasteiger partial charge in [0.25, 0.3) is 0 Å². The number of hydrogen-bond acceptors (Lipinski definition) is 3. The van der Waals surface area contributed by atoms with Crippen molar-refractivity contribution in [1.29, 1.82) is 0 Å². The molecule has 1 heterocycles. The first-order valence-corrected chi connectivity index (χ1v) is 3.57. The molecule has 11 heavy (non-hydrogen) atoms. The Hall–Kier alpha value is -0.640. The van der Waals surface area contributed by atoms with E-state index in [0.717, 1.165) is 10.6 Å². The quantitative estimate of drug-likeness (QED) is 0.543. The van der Waals surface area contributed by atoms with Gasteiger partial charge in [-0.2, -0.15) is 5.06 Å². The molecule has 0 aliphatic rings. The lowest BCUT2D eigenvalue weighted by atomic mass is 10.3. The number of nitrogens with zero attached hydrogens (tertiary/aromatic N) is 2. The van der Waals surface area contributed by atoms with Crippen molar-refractivity contribution in [2.75, 3.05) is 7.05 Å². The Balaban J connectivity index is 2.78. The predicted octanol–water partition coefficient (Wildman–Crippen LogP) is 1.56. The monoisotopic (exact) mass is 172 g/mol. The van der Waals surface area contributed by atoms with Crippen LogP contribution in [0.5, 0.6) is 0 Å². The maximum absolute atomic E-state index is 8.88. The van der Waals surface area contributed by atoms with E-state index in [0.29, 0.717) is 11.7 Å². The molecule has 1 aromatic rings. The highest BCUT2D eigenvalue weighted by Crippen LogP contribution is 2.12. The van der Waals surface area contributed by atoms with Crippen LogP contribution in [0.4, 0.5) is 0 Å². The molecule has 0 amide bonds. The molecular formula is C7H9ClN2O. The van der Waals surface area contributed by atoms with Gasteiger partial charge in [-0.05, 0) is 6.07 Å². The predicted molar refractivity (Wildman–Crippen MR) is 42.5 cm³/mol. The van der Waals surface area contributed by atoms with Gasteiger partial charge < -0.3 is 5.21 Å². The van der Waals surface area contributed by atoms with Crippen LogP contribution in [0, 0.1) is 0 Å². The van der Waals surface area contributed by atoms with Crippen LogP contribution in [0.2, 0.25) is 5.15 Å². The third-order valence-electron chi connectivity index (χ3n) is 1.24. The lowest BCUT2D eigenvalue weighted by Gasteiger charge is -2.07. The molecular weight excluding hydrogens is 164 g/mol. The van der Waals surface area contributed by atoms with Crippen LogP contribution in [0.25, 0.3) is 0 Å². The van der Waals surface area contributed by atoms with Gasteiger partial charge in [0, 0.05) is 18.8 Å². The molecule has 0 radical (unpaired) electrons. The Bertz CT molecular complexity index is 240. The first kappa shape index (κ1) is 8.46. The summed E-state index contributed by atoms with van der Waals surface area (Å²) >= 11 is 5.72. The lowest BCUT2D eigenvalue weighted by Crippen LogP contribution is -2.12. The van der Waals surface area contributed by atoms with Crippen LogP contribution >= 0.6 is 11.6 Å². The molecule has 0 saturated heterocycles. The van der Waals surface area contributed by atoms with Crippen LogP contribution in [-0.2, 0) is 6.54 Å². The summed E-state index contributed by atoms with van der Waals surface area (Å²) < 4.78 is 0.